The highest BCUT2D eigenvalue weighted by Crippen LogP contribution is 2.23. The summed E-state index contributed by atoms with van der Waals surface area (Å²) in [5.74, 6) is -2.26. The first kappa shape index (κ1) is 15.9. The minimum atomic E-state index is -4.09. The van der Waals surface area contributed by atoms with Crippen LogP contribution in [0.4, 0.5) is 14.5 Å². The van der Waals surface area contributed by atoms with Crippen molar-refractivity contribution in [2.24, 2.45) is 0 Å². The Hall–Kier alpha value is -1.51. The SMILES string of the molecule is CCc1ccc(CNS(=O)(=O)c2ccc(F)c(N)c2F)s1. The van der Waals surface area contributed by atoms with Crippen molar-refractivity contribution >= 4 is 27.0 Å². The molecule has 1 aromatic heterocycles. The maximum Gasteiger partial charge on any atom is 0.243 e. The van der Waals surface area contributed by atoms with Gasteiger partial charge in [0.1, 0.15) is 16.4 Å². The van der Waals surface area contributed by atoms with Crippen LogP contribution in [0.5, 0.6) is 0 Å². The second kappa shape index (κ2) is 6.08. The van der Waals surface area contributed by atoms with Crippen LogP contribution in [0.1, 0.15) is 16.7 Å². The standard InChI is InChI=1S/C13H14F2N2O2S2/c1-2-8-3-4-9(20-8)7-17-21(18,19)11-6-5-10(14)13(16)12(11)15/h3-6,17H,2,7,16H2,1H3. The molecule has 0 radical (unpaired) electrons. The number of benzene rings is 1. The van der Waals surface area contributed by atoms with E-state index >= 15 is 0 Å². The Morgan fingerprint density at radius 3 is 2.48 bits per heavy atom. The molecule has 0 amide bonds. The van der Waals surface area contributed by atoms with Crippen LogP contribution < -0.4 is 10.5 Å². The number of hydrogen-bond acceptors (Lipinski definition) is 4. The van der Waals surface area contributed by atoms with Gasteiger partial charge in [-0.25, -0.2) is 21.9 Å². The van der Waals surface area contributed by atoms with Gasteiger partial charge in [0.2, 0.25) is 10.0 Å². The van der Waals surface area contributed by atoms with Crippen molar-refractivity contribution in [2.45, 2.75) is 24.8 Å². The van der Waals surface area contributed by atoms with E-state index in [1.54, 1.807) is 6.07 Å². The predicted octanol–water partition coefficient (Wildman–Crippen LogP) is 2.65. The highest BCUT2D eigenvalue weighted by Gasteiger charge is 2.22. The molecule has 21 heavy (non-hydrogen) atoms. The number of aryl methyl sites for hydroxylation is 1. The van der Waals surface area contributed by atoms with Crippen LogP contribution in [-0.4, -0.2) is 8.42 Å². The molecule has 0 spiro atoms. The first-order chi connectivity index (χ1) is 9.85. The van der Waals surface area contributed by atoms with Gasteiger partial charge < -0.3 is 5.73 Å². The second-order valence-electron chi connectivity index (χ2n) is 4.32. The number of sulfonamides is 1. The average Bonchev–Trinajstić information content (AvgIpc) is 2.90. The van der Waals surface area contributed by atoms with Gasteiger partial charge in [-0.2, -0.15) is 0 Å². The highest BCUT2D eigenvalue weighted by atomic mass is 32.2. The zero-order valence-electron chi connectivity index (χ0n) is 11.2. The van der Waals surface area contributed by atoms with Gasteiger partial charge in [-0.1, -0.05) is 6.92 Å². The van der Waals surface area contributed by atoms with Crippen molar-refractivity contribution < 1.29 is 17.2 Å². The molecule has 1 heterocycles. The van der Waals surface area contributed by atoms with Gasteiger partial charge in [0, 0.05) is 16.3 Å². The van der Waals surface area contributed by atoms with Crippen LogP contribution in [0.15, 0.2) is 29.2 Å². The summed E-state index contributed by atoms with van der Waals surface area (Å²) in [6, 6.07) is 5.40. The molecule has 2 rings (SSSR count). The van der Waals surface area contributed by atoms with Crippen LogP contribution >= 0.6 is 11.3 Å². The monoisotopic (exact) mass is 332 g/mol. The molecule has 8 heteroatoms. The maximum atomic E-state index is 13.8. The van der Waals surface area contributed by atoms with E-state index in [-0.39, 0.29) is 6.54 Å². The molecule has 3 N–H and O–H groups in total. The number of nitrogen functional groups attached to an aromatic ring is 1. The highest BCUT2D eigenvalue weighted by molar-refractivity contribution is 7.89. The Balaban J connectivity index is 2.21. The van der Waals surface area contributed by atoms with Crippen molar-refractivity contribution in [3.8, 4) is 0 Å². The molecule has 0 fully saturated rings. The maximum absolute atomic E-state index is 13.8. The smallest absolute Gasteiger partial charge is 0.243 e. The molecule has 2 aromatic rings. The lowest BCUT2D eigenvalue weighted by Crippen LogP contribution is -2.24. The fourth-order valence-electron chi connectivity index (χ4n) is 1.71. The quantitative estimate of drug-likeness (QED) is 0.827. The minimum Gasteiger partial charge on any atom is -0.394 e. The van der Waals surface area contributed by atoms with E-state index in [1.807, 2.05) is 13.0 Å². The molecule has 4 nitrogen and oxygen atoms in total. The normalized spacial score (nSPS) is 11.8. The zero-order valence-corrected chi connectivity index (χ0v) is 12.8. The molecule has 0 bridgehead atoms. The second-order valence-corrected chi connectivity index (χ2v) is 7.31. The molecule has 0 aliphatic rings. The first-order valence-corrected chi connectivity index (χ1v) is 8.46. The van der Waals surface area contributed by atoms with E-state index in [4.69, 9.17) is 5.73 Å². The fourth-order valence-corrected chi connectivity index (χ4v) is 3.79. The Bertz CT molecular complexity index is 758. The van der Waals surface area contributed by atoms with Gasteiger partial charge >= 0.3 is 0 Å². The third-order valence-corrected chi connectivity index (χ3v) is 5.53. The van der Waals surface area contributed by atoms with Gasteiger partial charge in [0.05, 0.1) is 0 Å². The third-order valence-electron chi connectivity index (χ3n) is 2.88. The van der Waals surface area contributed by atoms with Crippen molar-refractivity contribution in [3.63, 3.8) is 0 Å². The third kappa shape index (κ3) is 3.39. The number of nitrogens with one attached hydrogen (secondary N) is 1. The topological polar surface area (TPSA) is 72.2 Å². The van der Waals surface area contributed by atoms with Crippen LogP contribution in [-0.2, 0) is 23.0 Å². The number of thiophene rings is 1. The summed E-state index contributed by atoms with van der Waals surface area (Å²) in [6.45, 7) is 2.04. The van der Waals surface area contributed by atoms with E-state index < -0.39 is 32.2 Å². The van der Waals surface area contributed by atoms with Crippen LogP contribution in [0.2, 0.25) is 0 Å². The number of hydrogen-bond donors (Lipinski definition) is 2. The summed E-state index contributed by atoms with van der Waals surface area (Å²) in [6.07, 6.45) is 0.862. The average molecular weight is 332 g/mol. The van der Waals surface area contributed by atoms with E-state index in [9.17, 15) is 17.2 Å². The molecule has 0 atom stereocenters. The molecule has 0 saturated heterocycles. The summed E-state index contributed by atoms with van der Waals surface area (Å²) in [4.78, 5) is 1.28. The largest absolute Gasteiger partial charge is 0.394 e. The van der Waals surface area contributed by atoms with Crippen LogP contribution in [0, 0.1) is 11.6 Å². The lowest BCUT2D eigenvalue weighted by Gasteiger charge is -2.08. The number of halogens is 2. The van der Waals surface area contributed by atoms with Gasteiger partial charge in [-0.3, -0.25) is 0 Å². The summed E-state index contributed by atoms with van der Waals surface area (Å²) in [7, 11) is -4.09. The fraction of sp³-hybridized carbons (Fsp3) is 0.231. The Labute approximate surface area is 125 Å². The van der Waals surface area contributed by atoms with Crippen molar-refractivity contribution in [2.75, 3.05) is 5.73 Å². The van der Waals surface area contributed by atoms with Crippen LogP contribution in [0.3, 0.4) is 0 Å². The van der Waals surface area contributed by atoms with E-state index in [0.717, 1.165) is 28.3 Å². The molecule has 0 aliphatic heterocycles. The summed E-state index contributed by atoms with van der Waals surface area (Å²) < 4.78 is 53.2. The van der Waals surface area contributed by atoms with Crippen LogP contribution in [0.25, 0.3) is 0 Å². The van der Waals surface area contributed by atoms with Crippen molar-refractivity contribution in [3.05, 3.63) is 45.7 Å². The lowest BCUT2D eigenvalue weighted by atomic mass is 10.3. The van der Waals surface area contributed by atoms with Crippen molar-refractivity contribution in [1.82, 2.24) is 4.72 Å². The zero-order chi connectivity index (χ0) is 15.6. The van der Waals surface area contributed by atoms with Gasteiger partial charge in [0.25, 0.3) is 0 Å². The molecule has 1 aromatic carbocycles. The van der Waals surface area contributed by atoms with E-state index in [1.165, 1.54) is 11.3 Å². The molecule has 0 unspecified atom stereocenters. The summed E-state index contributed by atoms with van der Waals surface area (Å²) in [5.41, 5.74) is 4.36. The number of nitrogens with two attached hydrogens (primary N) is 1. The first-order valence-electron chi connectivity index (χ1n) is 6.16. The Morgan fingerprint density at radius 2 is 1.86 bits per heavy atom. The molecule has 0 aliphatic carbocycles. The summed E-state index contributed by atoms with van der Waals surface area (Å²) >= 11 is 1.47. The lowest BCUT2D eigenvalue weighted by molar-refractivity contribution is 0.548. The molecular formula is C13H14F2N2O2S2. The molecule has 114 valence electrons. The number of rotatable bonds is 5. The summed E-state index contributed by atoms with van der Waals surface area (Å²) in [5, 5.41) is 0. The van der Waals surface area contributed by atoms with Gasteiger partial charge in [-0.05, 0) is 30.7 Å². The molecule has 0 saturated carbocycles. The van der Waals surface area contributed by atoms with Gasteiger partial charge in [-0.15, -0.1) is 11.3 Å². The van der Waals surface area contributed by atoms with E-state index in [2.05, 4.69) is 4.72 Å². The minimum absolute atomic E-state index is 0.0454. The predicted molar refractivity (Wildman–Crippen MR) is 78.5 cm³/mol. The van der Waals surface area contributed by atoms with Gasteiger partial charge in [0.15, 0.2) is 5.82 Å². The molecular weight excluding hydrogens is 318 g/mol. The Morgan fingerprint density at radius 1 is 1.19 bits per heavy atom. The van der Waals surface area contributed by atoms with E-state index in [0.29, 0.717) is 0 Å². The Kier molecular flexibility index (Phi) is 4.60. The number of anilines is 1. The van der Waals surface area contributed by atoms with Crippen molar-refractivity contribution in [1.29, 1.82) is 0 Å².